The maximum Gasteiger partial charge on any atom is 0.266 e. The smallest absolute Gasteiger partial charge is 0.266 e. The Morgan fingerprint density at radius 2 is 1.80 bits per heavy atom. The van der Waals surface area contributed by atoms with Gasteiger partial charge in [0.2, 0.25) is 0 Å². The van der Waals surface area contributed by atoms with Crippen LogP contribution in [0.1, 0.15) is 5.56 Å². The van der Waals surface area contributed by atoms with Crippen molar-refractivity contribution in [1.82, 2.24) is 4.90 Å². The van der Waals surface area contributed by atoms with Gasteiger partial charge in [-0.2, -0.15) is 5.26 Å². The van der Waals surface area contributed by atoms with Gasteiger partial charge in [0.15, 0.2) is 6.61 Å². The minimum Gasteiger partial charge on any atom is -0.484 e. The molecule has 2 aromatic rings. The van der Waals surface area contributed by atoms with Crippen LogP contribution in [0.2, 0.25) is 0 Å². The van der Waals surface area contributed by atoms with Crippen molar-refractivity contribution in [2.75, 3.05) is 38.2 Å². The minimum absolute atomic E-state index is 0.0707. The van der Waals surface area contributed by atoms with Crippen molar-refractivity contribution in [3.05, 3.63) is 65.5 Å². The minimum atomic E-state index is -0.597. The molecule has 0 radical (unpaired) electrons. The van der Waals surface area contributed by atoms with Gasteiger partial charge in [0.05, 0.1) is 13.2 Å². The number of morpholine rings is 1. The highest BCUT2D eigenvalue weighted by Crippen LogP contribution is 2.16. The molecule has 1 fully saturated rings. The first-order valence-electron chi connectivity index (χ1n) is 9.32. The number of rotatable bonds is 6. The molecule has 1 heterocycles. The van der Waals surface area contributed by atoms with Crippen molar-refractivity contribution < 1.29 is 23.5 Å². The number of carbonyl (C=O) groups is 2. The highest BCUT2D eigenvalue weighted by Gasteiger charge is 2.17. The molecule has 0 unspecified atom stereocenters. The second kappa shape index (κ2) is 10.2. The Morgan fingerprint density at radius 3 is 2.43 bits per heavy atom. The number of nitrogens with zero attached hydrogens (tertiary/aromatic N) is 2. The summed E-state index contributed by atoms with van der Waals surface area (Å²) in [5.41, 5.74) is 0.902. The molecule has 154 valence electrons. The largest absolute Gasteiger partial charge is 0.484 e. The fourth-order valence-electron chi connectivity index (χ4n) is 2.76. The molecule has 1 N–H and O–H groups in total. The Morgan fingerprint density at radius 1 is 1.13 bits per heavy atom. The molecule has 0 bridgehead atoms. The van der Waals surface area contributed by atoms with E-state index in [0.717, 1.165) is 0 Å². The quantitative estimate of drug-likeness (QED) is 0.585. The van der Waals surface area contributed by atoms with Crippen molar-refractivity contribution in [1.29, 1.82) is 5.26 Å². The van der Waals surface area contributed by atoms with E-state index < -0.39 is 11.7 Å². The summed E-state index contributed by atoms with van der Waals surface area (Å²) in [6.45, 7) is 2.11. The lowest BCUT2D eigenvalue weighted by Gasteiger charge is -2.26. The summed E-state index contributed by atoms with van der Waals surface area (Å²) in [4.78, 5) is 26.1. The van der Waals surface area contributed by atoms with Crippen molar-refractivity contribution in [3.63, 3.8) is 0 Å². The van der Waals surface area contributed by atoms with Crippen LogP contribution in [0.25, 0.3) is 6.08 Å². The SMILES string of the molecule is N#C/C(=C/c1ccc(OCC(=O)N2CCOCC2)cc1)C(=O)Nc1ccc(F)cc1. The van der Waals surface area contributed by atoms with Crippen LogP contribution in [0, 0.1) is 17.1 Å². The number of hydrogen-bond acceptors (Lipinski definition) is 5. The van der Waals surface area contributed by atoms with E-state index >= 15 is 0 Å². The van der Waals surface area contributed by atoms with E-state index in [1.165, 1.54) is 30.3 Å². The molecule has 1 saturated heterocycles. The zero-order valence-electron chi connectivity index (χ0n) is 16.1. The second-order valence-corrected chi connectivity index (χ2v) is 6.48. The van der Waals surface area contributed by atoms with E-state index in [-0.39, 0.29) is 18.1 Å². The average molecular weight is 409 g/mol. The number of anilines is 1. The third kappa shape index (κ3) is 5.90. The molecule has 1 aliphatic heterocycles. The number of hydrogen-bond donors (Lipinski definition) is 1. The van der Waals surface area contributed by atoms with Gasteiger partial charge in [-0.15, -0.1) is 0 Å². The van der Waals surface area contributed by atoms with E-state index in [9.17, 15) is 19.2 Å². The maximum atomic E-state index is 13.0. The Hall–Kier alpha value is -3.70. The summed E-state index contributed by atoms with van der Waals surface area (Å²) >= 11 is 0. The lowest BCUT2D eigenvalue weighted by Crippen LogP contribution is -2.42. The third-order valence-electron chi connectivity index (χ3n) is 4.38. The molecule has 0 aliphatic carbocycles. The fourth-order valence-corrected chi connectivity index (χ4v) is 2.76. The molecule has 1 aliphatic rings. The molecule has 7 nitrogen and oxygen atoms in total. The predicted octanol–water partition coefficient (Wildman–Crippen LogP) is 2.61. The summed E-state index contributed by atoms with van der Waals surface area (Å²) in [7, 11) is 0. The van der Waals surface area contributed by atoms with Crippen LogP contribution in [-0.2, 0) is 14.3 Å². The van der Waals surface area contributed by atoms with Gasteiger partial charge in [-0.05, 0) is 48.0 Å². The monoisotopic (exact) mass is 409 g/mol. The first kappa shape index (κ1) is 21.0. The fraction of sp³-hybridized carbons (Fsp3) is 0.227. The molecule has 30 heavy (non-hydrogen) atoms. The van der Waals surface area contributed by atoms with Gasteiger partial charge in [-0.3, -0.25) is 9.59 Å². The number of halogens is 1. The lowest BCUT2D eigenvalue weighted by atomic mass is 10.1. The van der Waals surface area contributed by atoms with Crippen molar-refractivity contribution in [2.45, 2.75) is 0 Å². The van der Waals surface area contributed by atoms with Gasteiger partial charge >= 0.3 is 0 Å². The molecule has 3 rings (SSSR count). The highest BCUT2D eigenvalue weighted by molar-refractivity contribution is 6.09. The van der Waals surface area contributed by atoms with Gasteiger partial charge in [-0.25, -0.2) is 4.39 Å². The van der Waals surface area contributed by atoms with Crippen LogP contribution in [-0.4, -0.2) is 49.6 Å². The first-order chi connectivity index (χ1) is 14.5. The lowest BCUT2D eigenvalue weighted by molar-refractivity contribution is -0.137. The van der Waals surface area contributed by atoms with Gasteiger partial charge in [0.1, 0.15) is 23.2 Å². The molecular formula is C22H20FN3O4. The maximum absolute atomic E-state index is 13.0. The van der Waals surface area contributed by atoms with E-state index in [0.29, 0.717) is 43.3 Å². The zero-order valence-corrected chi connectivity index (χ0v) is 16.1. The van der Waals surface area contributed by atoms with Crippen molar-refractivity contribution in [3.8, 4) is 11.8 Å². The van der Waals surface area contributed by atoms with E-state index in [1.807, 2.05) is 6.07 Å². The highest BCUT2D eigenvalue weighted by atomic mass is 19.1. The number of carbonyl (C=O) groups excluding carboxylic acids is 2. The average Bonchev–Trinajstić information content (AvgIpc) is 2.78. The summed E-state index contributed by atoms with van der Waals surface area (Å²) in [6.07, 6.45) is 1.43. The van der Waals surface area contributed by atoms with Crippen LogP contribution in [0.4, 0.5) is 10.1 Å². The Bertz CT molecular complexity index is 959. The van der Waals surface area contributed by atoms with Gasteiger partial charge in [-0.1, -0.05) is 12.1 Å². The summed E-state index contributed by atoms with van der Waals surface area (Å²) < 4.78 is 23.7. The standard InChI is InChI=1S/C22H20FN3O4/c23-18-3-5-19(6-4-18)25-22(28)17(14-24)13-16-1-7-20(8-2-16)30-15-21(27)26-9-11-29-12-10-26/h1-8,13H,9-12,15H2,(H,25,28)/b17-13-. The van der Waals surface area contributed by atoms with Crippen LogP contribution >= 0.6 is 0 Å². The van der Waals surface area contributed by atoms with Gasteiger partial charge < -0.3 is 19.7 Å². The second-order valence-electron chi connectivity index (χ2n) is 6.48. The number of nitrogens with one attached hydrogen (secondary N) is 1. The van der Waals surface area contributed by atoms with Crippen LogP contribution in [0.5, 0.6) is 5.75 Å². The number of nitriles is 1. The summed E-state index contributed by atoms with van der Waals surface area (Å²) in [5, 5.41) is 11.8. The molecule has 0 aromatic heterocycles. The molecule has 0 spiro atoms. The number of benzene rings is 2. The molecule has 2 aromatic carbocycles. The topological polar surface area (TPSA) is 91.7 Å². The number of amides is 2. The molecule has 2 amide bonds. The molecule has 0 atom stereocenters. The van der Waals surface area contributed by atoms with Gasteiger partial charge in [0, 0.05) is 18.8 Å². The Kier molecular flexibility index (Phi) is 7.14. The van der Waals surface area contributed by atoms with E-state index in [1.54, 1.807) is 29.2 Å². The molecule has 0 saturated carbocycles. The van der Waals surface area contributed by atoms with Crippen LogP contribution in [0.3, 0.4) is 0 Å². The van der Waals surface area contributed by atoms with Crippen molar-refractivity contribution in [2.24, 2.45) is 0 Å². The number of ether oxygens (including phenoxy) is 2. The first-order valence-corrected chi connectivity index (χ1v) is 9.32. The Labute approximate surface area is 173 Å². The molecule has 8 heteroatoms. The predicted molar refractivity (Wildman–Crippen MR) is 108 cm³/mol. The van der Waals surface area contributed by atoms with E-state index in [4.69, 9.17) is 9.47 Å². The Balaban J connectivity index is 1.57. The summed E-state index contributed by atoms with van der Waals surface area (Å²) in [5.74, 6) is -0.618. The van der Waals surface area contributed by atoms with Crippen molar-refractivity contribution >= 4 is 23.6 Å². The normalized spacial score (nSPS) is 14.0. The zero-order chi connectivity index (χ0) is 21.3. The van der Waals surface area contributed by atoms with Crippen LogP contribution < -0.4 is 10.1 Å². The molecular weight excluding hydrogens is 389 g/mol. The third-order valence-corrected chi connectivity index (χ3v) is 4.38. The van der Waals surface area contributed by atoms with E-state index in [2.05, 4.69) is 5.32 Å². The van der Waals surface area contributed by atoms with Crippen LogP contribution in [0.15, 0.2) is 54.1 Å². The summed E-state index contributed by atoms with van der Waals surface area (Å²) in [6, 6.07) is 13.8. The van der Waals surface area contributed by atoms with Gasteiger partial charge in [0.25, 0.3) is 11.8 Å².